The van der Waals surface area contributed by atoms with E-state index in [1.165, 1.54) is 18.7 Å². The first-order valence-electron chi connectivity index (χ1n) is 5.11. The molecular formula is C10H17N3S. The number of rotatable bonds is 3. The topological polar surface area (TPSA) is 42.2 Å². The highest BCUT2D eigenvalue weighted by molar-refractivity contribution is 7.09. The molecule has 1 aromatic rings. The van der Waals surface area contributed by atoms with Gasteiger partial charge in [0.05, 0.1) is 10.7 Å². The van der Waals surface area contributed by atoms with Crippen LogP contribution in [0.2, 0.25) is 0 Å². The molecule has 1 fully saturated rings. The Kier molecular flexibility index (Phi) is 3.15. The Morgan fingerprint density at radius 1 is 1.71 bits per heavy atom. The SMILES string of the molecule is Cc1nc(CN2CCC(CN)C2)cs1. The summed E-state index contributed by atoms with van der Waals surface area (Å²) in [5, 5.41) is 3.32. The molecule has 1 saturated heterocycles. The van der Waals surface area contributed by atoms with Crippen LogP contribution in [0.3, 0.4) is 0 Å². The number of likely N-dealkylation sites (tertiary alicyclic amines) is 1. The standard InChI is InChI=1S/C10H17N3S/c1-8-12-10(7-14-8)6-13-3-2-9(4-11)5-13/h7,9H,2-6,11H2,1H3. The van der Waals surface area contributed by atoms with Crippen molar-refractivity contribution in [2.24, 2.45) is 11.7 Å². The van der Waals surface area contributed by atoms with Crippen molar-refractivity contribution in [3.63, 3.8) is 0 Å². The number of aromatic nitrogens is 1. The fourth-order valence-electron chi connectivity index (χ4n) is 1.96. The lowest BCUT2D eigenvalue weighted by molar-refractivity contribution is 0.314. The summed E-state index contributed by atoms with van der Waals surface area (Å²) in [5.74, 6) is 0.703. The van der Waals surface area contributed by atoms with E-state index in [0.717, 1.165) is 24.6 Å². The van der Waals surface area contributed by atoms with Crippen LogP contribution in [0.4, 0.5) is 0 Å². The highest BCUT2D eigenvalue weighted by Gasteiger charge is 2.21. The Labute approximate surface area is 88.9 Å². The van der Waals surface area contributed by atoms with Crippen LogP contribution < -0.4 is 5.73 Å². The van der Waals surface area contributed by atoms with Crippen molar-refractivity contribution in [3.05, 3.63) is 16.1 Å². The van der Waals surface area contributed by atoms with Gasteiger partial charge in [-0.1, -0.05) is 0 Å². The van der Waals surface area contributed by atoms with Gasteiger partial charge in [-0.3, -0.25) is 4.90 Å². The number of hydrogen-bond donors (Lipinski definition) is 1. The van der Waals surface area contributed by atoms with Crippen molar-refractivity contribution in [1.29, 1.82) is 0 Å². The molecule has 0 aliphatic carbocycles. The fourth-order valence-corrected chi connectivity index (χ4v) is 2.56. The second-order valence-corrected chi connectivity index (χ2v) is 5.05. The molecule has 0 bridgehead atoms. The zero-order chi connectivity index (χ0) is 9.97. The van der Waals surface area contributed by atoms with Crippen molar-refractivity contribution < 1.29 is 0 Å². The van der Waals surface area contributed by atoms with Crippen LogP contribution in [0.15, 0.2) is 5.38 Å². The lowest BCUT2D eigenvalue weighted by Crippen LogP contribution is -2.22. The molecule has 2 rings (SSSR count). The molecule has 0 aromatic carbocycles. The van der Waals surface area contributed by atoms with Crippen molar-refractivity contribution in [2.45, 2.75) is 19.9 Å². The van der Waals surface area contributed by atoms with Gasteiger partial charge in [0.2, 0.25) is 0 Å². The Morgan fingerprint density at radius 3 is 3.14 bits per heavy atom. The number of hydrogen-bond acceptors (Lipinski definition) is 4. The summed E-state index contributed by atoms with van der Waals surface area (Å²) in [4.78, 5) is 6.92. The van der Waals surface area contributed by atoms with E-state index in [2.05, 4.69) is 22.2 Å². The van der Waals surface area contributed by atoms with Gasteiger partial charge in [0.1, 0.15) is 0 Å². The quantitative estimate of drug-likeness (QED) is 0.817. The van der Waals surface area contributed by atoms with Crippen molar-refractivity contribution in [1.82, 2.24) is 9.88 Å². The molecule has 1 aromatic heterocycles. The van der Waals surface area contributed by atoms with E-state index in [1.54, 1.807) is 11.3 Å². The first-order chi connectivity index (χ1) is 6.78. The summed E-state index contributed by atoms with van der Waals surface area (Å²) in [6.45, 7) is 6.21. The molecule has 0 saturated carbocycles. The summed E-state index contributed by atoms with van der Waals surface area (Å²) in [6, 6.07) is 0. The molecule has 1 aliphatic heterocycles. The van der Waals surface area contributed by atoms with Crippen molar-refractivity contribution >= 4 is 11.3 Å². The Hall–Kier alpha value is -0.450. The minimum Gasteiger partial charge on any atom is -0.330 e. The number of nitrogens with two attached hydrogens (primary N) is 1. The molecular weight excluding hydrogens is 194 g/mol. The monoisotopic (exact) mass is 211 g/mol. The Morgan fingerprint density at radius 2 is 2.57 bits per heavy atom. The van der Waals surface area contributed by atoms with E-state index in [1.807, 2.05) is 0 Å². The molecule has 4 heteroatoms. The Bertz CT molecular complexity index is 297. The molecule has 0 radical (unpaired) electrons. The van der Waals surface area contributed by atoms with E-state index in [9.17, 15) is 0 Å². The van der Waals surface area contributed by atoms with Gasteiger partial charge in [-0.05, 0) is 32.4 Å². The predicted molar refractivity (Wildman–Crippen MR) is 59.3 cm³/mol. The summed E-state index contributed by atoms with van der Waals surface area (Å²) < 4.78 is 0. The number of nitrogens with zero attached hydrogens (tertiary/aromatic N) is 2. The average molecular weight is 211 g/mol. The van der Waals surface area contributed by atoms with Gasteiger partial charge in [0.25, 0.3) is 0 Å². The minimum atomic E-state index is 0.703. The third-order valence-electron chi connectivity index (χ3n) is 2.76. The molecule has 0 spiro atoms. The van der Waals surface area contributed by atoms with E-state index in [4.69, 9.17) is 5.73 Å². The molecule has 1 unspecified atom stereocenters. The van der Waals surface area contributed by atoms with E-state index < -0.39 is 0 Å². The lowest BCUT2D eigenvalue weighted by atomic mass is 10.1. The highest BCUT2D eigenvalue weighted by Crippen LogP contribution is 2.18. The van der Waals surface area contributed by atoms with Crippen LogP contribution in [0.1, 0.15) is 17.1 Å². The molecule has 0 amide bonds. The molecule has 14 heavy (non-hydrogen) atoms. The van der Waals surface area contributed by atoms with E-state index in [-0.39, 0.29) is 0 Å². The lowest BCUT2D eigenvalue weighted by Gasteiger charge is -2.13. The van der Waals surface area contributed by atoms with Crippen molar-refractivity contribution in [2.75, 3.05) is 19.6 Å². The van der Waals surface area contributed by atoms with E-state index >= 15 is 0 Å². The first-order valence-corrected chi connectivity index (χ1v) is 5.99. The van der Waals surface area contributed by atoms with E-state index in [0.29, 0.717) is 5.92 Å². The second-order valence-electron chi connectivity index (χ2n) is 3.98. The zero-order valence-electron chi connectivity index (χ0n) is 8.57. The molecule has 2 N–H and O–H groups in total. The molecule has 78 valence electrons. The second kappa shape index (κ2) is 4.38. The van der Waals surface area contributed by atoms with Gasteiger partial charge in [0, 0.05) is 18.5 Å². The first kappa shape index (κ1) is 10.1. The average Bonchev–Trinajstić information content (AvgIpc) is 2.76. The van der Waals surface area contributed by atoms with Gasteiger partial charge in [-0.25, -0.2) is 4.98 Å². The van der Waals surface area contributed by atoms with Gasteiger partial charge in [-0.2, -0.15) is 0 Å². The van der Waals surface area contributed by atoms with Crippen molar-refractivity contribution in [3.8, 4) is 0 Å². The van der Waals surface area contributed by atoms with Crippen LogP contribution in [0, 0.1) is 12.8 Å². The summed E-state index contributed by atoms with van der Waals surface area (Å²) in [7, 11) is 0. The Balaban J connectivity index is 1.87. The van der Waals surface area contributed by atoms with Gasteiger partial charge < -0.3 is 5.73 Å². The van der Waals surface area contributed by atoms with Crippen LogP contribution in [0.25, 0.3) is 0 Å². The van der Waals surface area contributed by atoms with Crippen LogP contribution in [0.5, 0.6) is 0 Å². The van der Waals surface area contributed by atoms with Gasteiger partial charge in [-0.15, -0.1) is 11.3 Å². The fraction of sp³-hybridized carbons (Fsp3) is 0.700. The zero-order valence-corrected chi connectivity index (χ0v) is 9.39. The van der Waals surface area contributed by atoms with Gasteiger partial charge in [0.15, 0.2) is 0 Å². The van der Waals surface area contributed by atoms with Crippen LogP contribution >= 0.6 is 11.3 Å². The largest absolute Gasteiger partial charge is 0.330 e. The highest BCUT2D eigenvalue weighted by atomic mass is 32.1. The summed E-state index contributed by atoms with van der Waals surface area (Å²) >= 11 is 1.73. The predicted octanol–water partition coefficient (Wildman–Crippen LogP) is 1.23. The molecule has 3 nitrogen and oxygen atoms in total. The molecule has 2 heterocycles. The summed E-state index contributed by atoms with van der Waals surface area (Å²) in [6.07, 6.45) is 1.25. The maximum Gasteiger partial charge on any atom is 0.0897 e. The minimum absolute atomic E-state index is 0.703. The maximum absolute atomic E-state index is 5.65. The normalized spacial score (nSPS) is 23.1. The number of thiazole rings is 1. The summed E-state index contributed by atoms with van der Waals surface area (Å²) in [5.41, 5.74) is 6.87. The molecule has 1 aliphatic rings. The smallest absolute Gasteiger partial charge is 0.0897 e. The van der Waals surface area contributed by atoms with Gasteiger partial charge >= 0.3 is 0 Å². The maximum atomic E-state index is 5.65. The van der Waals surface area contributed by atoms with Crippen LogP contribution in [-0.2, 0) is 6.54 Å². The third-order valence-corrected chi connectivity index (χ3v) is 3.58. The van der Waals surface area contributed by atoms with Crippen LogP contribution in [-0.4, -0.2) is 29.5 Å². The third kappa shape index (κ3) is 2.32. The number of aryl methyl sites for hydroxylation is 1. The molecule has 1 atom stereocenters.